The lowest BCUT2D eigenvalue weighted by Gasteiger charge is -1.90. The number of unbranched alkanes of at least 4 members (excludes halogenated alkanes) is 2. The maximum Gasteiger partial charge on any atom is 0.134 e. The van der Waals surface area contributed by atoms with Crippen LogP contribution in [-0.4, -0.2) is 11.0 Å². The normalized spacial score (nSPS) is 9.72. The number of alkyl halides is 1. The lowest BCUT2D eigenvalue weighted by molar-refractivity contribution is 0.399. The quantitative estimate of drug-likeness (QED) is 0.570. The predicted molar refractivity (Wildman–Crippen MR) is 76.9 cm³/mol. The summed E-state index contributed by atoms with van der Waals surface area (Å²) in [5.74, 6) is 1.67. The average Bonchev–Trinajstić information content (AvgIpc) is 2.85. The number of rotatable bonds is 4. The molecule has 0 aliphatic carbocycles. The number of halogens is 1. The van der Waals surface area contributed by atoms with E-state index >= 15 is 0 Å². The molecule has 0 N–H and O–H groups in total. The highest BCUT2D eigenvalue weighted by atomic mass is 35.5. The molecule has 0 spiro atoms. The number of aryl methyl sites for hydroxylation is 1. The Morgan fingerprint density at radius 1 is 1.17 bits per heavy atom. The van der Waals surface area contributed by atoms with Crippen LogP contribution >= 0.6 is 11.6 Å². The lowest BCUT2D eigenvalue weighted by Crippen LogP contribution is -1.73. The van der Waals surface area contributed by atoms with Crippen LogP contribution in [0.2, 0.25) is 0 Å². The summed E-state index contributed by atoms with van der Waals surface area (Å²) in [6, 6.07) is 11.9. The largest absolute Gasteiger partial charge is 0.361 e. The van der Waals surface area contributed by atoms with Crippen LogP contribution in [0.25, 0.3) is 11.3 Å². The molecule has 1 aromatic heterocycles. The van der Waals surface area contributed by atoms with Crippen molar-refractivity contribution in [2.24, 2.45) is 0 Å². The smallest absolute Gasteiger partial charge is 0.134 e. The Labute approximate surface area is 114 Å². The van der Waals surface area contributed by atoms with E-state index < -0.39 is 0 Å². The van der Waals surface area contributed by atoms with E-state index in [-0.39, 0.29) is 0 Å². The maximum atomic E-state index is 5.38. The second kappa shape index (κ2) is 8.76. The van der Waals surface area contributed by atoms with Gasteiger partial charge in [-0.1, -0.05) is 55.3 Å². The minimum atomic E-state index is 0.827. The molecule has 0 fully saturated rings. The number of hydrogen-bond donors (Lipinski definition) is 0. The maximum absolute atomic E-state index is 5.38. The molecule has 18 heavy (non-hydrogen) atoms. The number of hydrogen-bond acceptors (Lipinski definition) is 2. The molecule has 0 unspecified atom stereocenters. The fourth-order valence-corrected chi connectivity index (χ4v) is 1.64. The van der Waals surface area contributed by atoms with Crippen molar-refractivity contribution in [2.75, 3.05) is 5.88 Å². The molecule has 3 heteroatoms. The molecule has 0 saturated carbocycles. The van der Waals surface area contributed by atoms with Gasteiger partial charge < -0.3 is 4.52 Å². The minimum absolute atomic E-state index is 0.827. The highest BCUT2D eigenvalue weighted by molar-refractivity contribution is 6.17. The van der Waals surface area contributed by atoms with Crippen LogP contribution in [0.3, 0.4) is 0 Å². The Balaban J connectivity index is 0.000000232. The second-order valence-corrected chi connectivity index (χ2v) is 4.46. The van der Waals surface area contributed by atoms with Gasteiger partial charge in [-0.25, -0.2) is 0 Å². The average molecular weight is 266 g/mol. The van der Waals surface area contributed by atoms with E-state index in [2.05, 4.69) is 12.1 Å². The summed E-state index contributed by atoms with van der Waals surface area (Å²) in [6.07, 6.45) is 3.73. The summed E-state index contributed by atoms with van der Waals surface area (Å²) in [5, 5.41) is 3.91. The molecule has 1 heterocycles. The van der Waals surface area contributed by atoms with E-state index in [4.69, 9.17) is 16.1 Å². The molecule has 0 saturated heterocycles. The second-order valence-electron chi connectivity index (χ2n) is 4.08. The summed E-state index contributed by atoms with van der Waals surface area (Å²) < 4.78 is 4.97. The summed E-state index contributed by atoms with van der Waals surface area (Å²) in [5.41, 5.74) is 1.99. The van der Waals surface area contributed by atoms with Gasteiger partial charge in [-0.05, 0) is 13.3 Å². The minimum Gasteiger partial charge on any atom is -0.361 e. The van der Waals surface area contributed by atoms with E-state index in [1.54, 1.807) is 0 Å². The zero-order chi connectivity index (χ0) is 13.2. The van der Waals surface area contributed by atoms with Gasteiger partial charge in [0.05, 0.1) is 0 Å². The SMILES string of the molecule is CCCCCCl.Cc1cc(-c2ccccc2)no1. The highest BCUT2D eigenvalue weighted by Crippen LogP contribution is 2.17. The summed E-state index contributed by atoms with van der Waals surface area (Å²) >= 11 is 5.38. The topological polar surface area (TPSA) is 26.0 Å². The Hall–Kier alpha value is -1.28. The molecule has 1 aromatic carbocycles. The molecule has 0 bridgehead atoms. The first kappa shape index (κ1) is 14.8. The number of nitrogens with zero attached hydrogens (tertiary/aromatic N) is 1. The van der Waals surface area contributed by atoms with Crippen molar-refractivity contribution in [1.29, 1.82) is 0 Å². The van der Waals surface area contributed by atoms with Crippen LogP contribution in [0, 0.1) is 6.92 Å². The van der Waals surface area contributed by atoms with Crippen molar-refractivity contribution in [3.05, 3.63) is 42.2 Å². The van der Waals surface area contributed by atoms with Gasteiger partial charge in [0.1, 0.15) is 11.5 Å². The van der Waals surface area contributed by atoms with Crippen molar-refractivity contribution in [2.45, 2.75) is 33.1 Å². The van der Waals surface area contributed by atoms with Crippen molar-refractivity contribution in [3.63, 3.8) is 0 Å². The Morgan fingerprint density at radius 2 is 1.89 bits per heavy atom. The first-order chi connectivity index (χ1) is 8.77. The van der Waals surface area contributed by atoms with Crippen molar-refractivity contribution < 1.29 is 4.52 Å². The zero-order valence-corrected chi connectivity index (χ0v) is 11.8. The van der Waals surface area contributed by atoms with E-state index in [9.17, 15) is 0 Å². The molecule has 0 atom stereocenters. The van der Waals surface area contributed by atoms with Gasteiger partial charge in [0.15, 0.2) is 0 Å². The molecular weight excluding hydrogens is 246 g/mol. The summed E-state index contributed by atoms with van der Waals surface area (Å²) in [6.45, 7) is 4.06. The monoisotopic (exact) mass is 265 g/mol. The van der Waals surface area contributed by atoms with E-state index in [0.717, 1.165) is 22.9 Å². The lowest BCUT2D eigenvalue weighted by atomic mass is 10.1. The van der Waals surface area contributed by atoms with E-state index in [0.29, 0.717) is 0 Å². The van der Waals surface area contributed by atoms with Gasteiger partial charge in [-0.2, -0.15) is 0 Å². The van der Waals surface area contributed by atoms with Gasteiger partial charge >= 0.3 is 0 Å². The Bertz CT molecular complexity index is 421. The van der Waals surface area contributed by atoms with Crippen LogP contribution < -0.4 is 0 Å². The summed E-state index contributed by atoms with van der Waals surface area (Å²) in [4.78, 5) is 0. The third-order valence-corrected chi connectivity index (χ3v) is 2.70. The van der Waals surface area contributed by atoms with Crippen LogP contribution in [0.15, 0.2) is 40.9 Å². The third-order valence-electron chi connectivity index (χ3n) is 2.43. The van der Waals surface area contributed by atoms with Gasteiger partial charge in [0, 0.05) is 17.5 Å². The molecule has 0 aliphatic rings. The van der Waals surface area contributed by atoms with E-state index in [1.807, 2.05) is 43.3 Å². The number of benzene rings is 1. The van der Waals surface area contributed by atoms with Gasteiger partial charge in [-0.15, -0.1) is 11.6 Å². The fraction of sp³-hybridized carbons (Fsp3) is 0.400. The van der Waals surface area contributed by atoms with Crippen molar-refractivity contribution in [1.82, 2.24) is 5.16 Å². The molecular formula is C15H20ClNO. The first-order valence-electron chi connectivity index (χ1n) is 6.32. The zero-order valence-electron chi connectivity index (χ0n) is 11.0. The molecule has 98 valence electrons. The first-order valence-corrected chi connectivity index (χ1v) is 6.86. The Kier molecular flexibility index (Phi) is 7.19. The third kappa shape index (κ3) is 5.37. The van der Waals surface area contributed by atoms with Crippen LogP contribution in [0.4, 0.5) is 0 Å². The van der Waals surface area contributed by atoms with Gasteiger partial charge in [0.2, 0.25) is 0 Å². The predicted octanol–water partition coefficient (Wildman–Crippen LogP) is 5.07. The molecule has 2 rings (SSSR count). The fourth-order valence-electron chi connectivity index (χ4n) is 1.46. The standard InChI is InChI=1S/C10H9NO.C5H11Cl/c1-8-7-10(11-12-8)9-5-3-2-4-6-9;1-2-3-4-5-6/h2-7H,1H3;2-5H2,1H3. The van der Waals surface area contributed by atoms with Crippen LogP contribution in [0.5, 0.6) is 0 Å². The van der Waals surface area contributed by atoms with Gasteiger partial charge in [0.25, 0.3) is 0 Å². The Morgan fingerprint density at radius 3 is 2.33 bits per heavy atom. The van der Waals surface area contributed by atoms with Crippen LogP contribution in [-0.2, 0) is 0 Å². The van der Waals surface area contributed by atoms with Crippen LogP contribution in [0.1, 0.15) is 31.9 Å². The molecule has 0 amide bonds. The molecule has 2 aromatic rings. The van der Waals surface area contributed by atoms with Gasteiger partial charge in [-0.3, -0.25) is 0 Å². The molecule has 0 aliphatic heterocycles. The van der Waals surface area contributed by atoms with Crippen molar-refractivity contribution in [3.8, 4) is 11.3 Å². The van der Waals surface area contributed by atoms with E-state index in [1.165, 1.54) is 19.3 Å². The summed E-state index contributed by atoms with van der Waals surface area (Å²) in [7, 11) is 0. The molecule has 0 radical (unpaired) electrons. The van der Waals surface area contributed by atoms with Crippen molar-refractivity contribution >= 4 is 11.6 Å². The number of aromatic nitrogens is 1. The highest BCUT2D eigenvalue weighted by Gasteiger charge is 2.00. The molecule has 2 nitrogen and oxygen atoms in total.